The molecular formula is C21H28N4O3S. The minimum Gasteiger partial charge on any atom is -0.343 e. The number of carbonyl (C=O) groups excluding carboxylic acids is 3. The molecule has 8 heteroatoms. The van der Waals surface area contributed by atoms with Gasteiger partial charge in [-0.3, -0.25) is 14.4 Å². The molecule has 3 amide bonds. The zero-order valence-corrected chi connectivity index (χ0v) is 18.2. The summed E-state index contributed by atoms with van der Waals surface area (Å²) in [4.78, 5) is 44.8. The first-order valence-electron chi connectivity index (χ1n) is 10.1. The van der Waals surface area contributed by atoms with Crippen LogP contribution in [0.5, 0.6) is 0 Å². The highest BCUT2D eigenvalue weighted by Crippen LogP contribution is 2.56. The number of rotatable bonds is 3. The van der Waals surface area contributed by atoms with Crippen LogP contribution >= 0.6 is 11.8 Å². The summed E-state index contributed by atoms with van der Waals surface area (Å²) in [5.74, 6) is -0.439. The molecule has 3 aliphatic rings. The zero-order valence-electron chi connectivity index (χ0n) is 17.3. The van der Waals surface area contributed by atoms with Gasteiger partial charge in [0.1, 0.15) is 17.5 Å². The molecule has 0 radical (unpaired) electrons. The molecule has 1 N–H and O–H groups in total. The van der Waals surface area contributed by atoms with E-state index in [1.807, 2.05) is 45.2 Å². The molecule has 2 saturated heterocycles. The van der Waals surface area contributed by atoms with E-state index in [2.05, 4.69) is 10.2 Å². The zero-order chi connectivity index (χ0) is 20.9. The lowest BCUT2D eigenvalue weighted by atomic mass is 10.0. The standard InChI is InChI=1S/C21H28N4O3S/c1-13(18(27)24-11-9-23(4)10-12-24)22-17(26)16-21(2,3)29-20-15-8-6-5-7-14(15)19(28)25(16)20/h5-8,13,16,20H,9-12H2,1-4H3,(H,22,26)/t13-,16+,20+/m0/s1. The maximum absolute atomic E-state index is 13.3. The highest BCUT2D eigenvalue weighted by Gasteiger charge is 2.57. The molecule has 0 aliphatic carbocycles. The second-order valence-corrected chi connectivity index (χ2v) is 10.4. The Labute approximate surface area is 175 Å². The Morgan fingerprint density at radius 2 is 1.83 bits per heavy atom. The Morgan fingerprint density at radius 1 is 1.17 bits per heavy atom. The summed E-state index contributed by atoms with van der Waals surface area (Å²) in [6.45, 7) is 8.71. The van der Waals surface area contributed by atoms with Gasteiger partial charge in [-0.25, -0.2) is 0 Å². The van der Waals surface area contributed by atoms with E-state index >= 15 is 0 Å². The van der Waals surface area contributed by atoms with Crippen molar-refractivity contribution in [2.45, 2.75) is 43.0 Å². The van der Waals surface area contributed by atoms with E-state index in [-0.39, 0.29) is 23.1 Å². The van der Waals surface area contributed by atoms with Crippen molar-refractivity contribution in [3.05, 3.63) is 35.4 Å². The van der Waals surface area contributed by atoms with Gasteiger partial charge in [0.15, 0.2) is 0 Å². The summed E-state index contributed by atoms with van der Waals surface area (Å²) in [5.41, 5.74) is 1.63. The second-order valence-electron chi connectivity index (χ2n) is 8.63. The lowest BCUT2D eigenvalue weighted by molar-refractivity contribution is -0.138. The van der Waals surface area contributed by atoms with Crippen LogP contribution in [0.2, 0.25) is 0 Å². The van der Waals surface area contributed by atoms with Crippen LogP contribution in [0.3, 0.4) is 0 Å². The Kier molecular flexibility index (Phi) is 5.11. The van der Waals surface area contributed by atoms with Crippen molar-refractivity contribution < 1.29 is 14.4 Å². The molecule has 1 aromatic carbocycles. The summed E-state index contributed by atoms with van der Waals surface area (Å²) in [6.07, 6.45) is 0. The first-order valence-corrected chi connectivity index (χ1v) is 11.0. The number of amides is 3. The van der Waals surface area contributed by atoms with Crippen molar-refractivity contribution in [3.8, 4) is 0 Å². The lowest BCUT2D eigenvalue weighted by Crippen LogP contribution is -2.58. The van der Waals surface area contributed by atoms with Crippen LogP contribution in [-0.4, -0.2) is 82.5 Å². The molecule has 0 unspecified atom stereocenters. The molecule has 4 rings (SSSR count). The highest BCUT2D eigenvalue weighted by atomic mass is 32.2. The maximum Gasteiger partial charge on any atom is 0.256 e. The van der Waals surface area contributed by atoms with Gasteiger partial charge in [0.2, 0.25) is 11.8 Å². The molecule has 2 fully saturated rings. The lowest BCUT2D eigenvalue weighted by Gasteiger charge is -2.35. The number of piperazine rings is 1. The van der Waals surface area contributed by atoms with E-state index in [1.54, 1.807) is 28.5 Å². The van der Waals surface area contributed by atoms with Crippen LogP contribution in [0.25, 0.3) is 0 Å². The molecule has 7 nitrogen and oxygen atoms in total. The predicted octanol–water partition coefficient (Wildman–Crippen LogP) is 1.31. The monoisotopic (exact) mass is 416 g/mol. The van der Waals surface area contributed by atoms with Gasteiger partial charge < -0.3 is 20.0 Å². The van der Waals surface area contributed by atoms with Gasteiger partial charge in [-0.2, -0.15) is 0 Å². The fourth-order valence-electron chi connectivity index (χ4n) is 4.46. The van der Waals surface area contributed by atoms with Crippen molar-refractivity contribution in [1.29, 1.82) is 0 Å². The summed E-state index contributed by atoms with van der Waals surface area (Å²) in [7, 11) is 2.04. The van der Waals surface area contributed by atoms with E-state index < -0.39 is 16.8 Å². The third-order valence-corrected chi connectivity index (χ3v) is 7.62. The largest absolute Gasteiger partial charge is 0.343 e. The number of thioether (sulfide) groups is 1. The molecule has 0 saturated carbocycles. The first kappa shape index (κ1) is 20.2. The van der Waals surface area contributed by atoms with Gasteiger partial charge in [-0.15, -0.1) is 11.8 Å². The summed E-state index contributed by atoms with van der Waals surface area (Å²) in [6, 6.07) is 6.30. The van der Waals surface area contributed by atoms with Gasteiger partial charge >= 0.3 is 0 Å². The number of likely N-dealkylation sites (N-methyl/N-ethyl adjacent to an activating group) is 1. The molecule has 3 aliphatic heterocycles. The molecule has 0 bridgehead atoms. The van der Waals surface area contributed by atoms with Crippen LogP contribution in [0.4, 0.5) is 0 Å². The highest BCUT2D eigenvalue weighted by molar-refractivity contribution is 8.01. The van der Waals surface area contributed by atoms with E-state index in [0.717, 1.165) is 18.7 Å². The van der Waals surface area contributed by atoms with Crippen LogP contribution < -0.4 is 5.32 Å². The van der Waals surface area contributed by atoms with E-state index in [9.17, 15) is 14.4 Å². The van der Waals surface area contributed by atoms with Crippen molar-refractivity contribution in [3.63, 3.8) is 0 Å². The third kappa shape index (κ3) is 3.42. The fourth-order valence-corrected chi connectivity index (χ4v) is 6.05. The number of nitrogens with one attached hydrogen (secondary N) is 1. The van der Waals surface area contributed by atoms with Crippen molar-refractivity contribution in [2.75, 3.05) is 33.2 Å². The number of carbonyl (C=O) groups is 3. The SMILES string of the molecule is C[C@H](NC(=O)[C@H]1N2C(=O)c3ccccc3[C@H]2SC1(C)C)C(=O)N1CCN(C)CC1. The molecule has 1 aromatic rings. The van der Waals surface area contributed by atoms with Gasteiger partial charge in [0.05, 0.1) is 0 Å². The van der Waals surface area contributed by atoms with Crippen molar-refractivity contribution in [1.82, 2.24) is 20.0 Å². The molecular weight excluding hydrogens is 388 g/mol. The number of hydrogen-bond acceptors (Lipinski definition) is 5. The van der Waals surface area contributed by atoms with E-state index in [4.69, 9.17) is 0 Å². The molecule has 3 heterocycles. The van der Waals surface area contributed by atoms with E-state index in [0.29, 0.717) is 18.7 Å². The number of hydrogen-bond donors (Lipinski definition) is 1. The van der Waals surface area contributed by atoms with Crippen LogP contribution in [-0.2, 0) is 9.59 Å². The summed E-state index contributed by atoms with van der Waals surface area (Å²) < 4.78 is -0.450. The van der Waals surface area contributed by atoms with Crippen molar-refractivity contribution in [2.24, 2.45) is 0 Å². The molecule has 156 valence electrons. The summed E-state index contributed by atoms with van der Waals surface area (Å²) in [5, 5.41) is 2.74. The van der Waals surface area contributed by atoms with Crippen LogP contribution in [0.1, 0.15) is 42.1 Å². The maximum atomic E-state index is 13.3. The molecule has 0 aromatic heterocycles. The first-order chi connectivity index (χ1) is 13.7. The van der Waals surface area contributed by atoms with Gasteiger partial charge in [-0.1, -0.05) is 18.2 Å². The quantitative estimate of drug-likeness (QED) is 0.805. The topological polar surface area (TPSA) is 73.0 Å². The normalized spacial score (nSPS) is 26.8. The molecule has 3 atom stereocenters. The Bertz CT molecular complexity index is 850. The predicted molar refractivity (Wildman–Crippen MR) is 112 cm³/mol. The van der Waals surface area contributed by atoms with Gasteiger partial charge in [-0.05, 0) is 39.4 Å². The van der Waals surface area contributed by atoms with Crippen LogP contribution in [0, 0.1) is 0 Å². The Morgan fingerprint density at radius 3 is 2.52 bits per heavy atom. The number of benzene rings is 1. The fraction of sp³-hybridized carbons (Fsp3) is 0.571. The molecule has 0 spiro atoms. The summed E-state index contributed by atoms with van der Waals surface area (Å²) >= 11 is 1.63. The minimum atomic E-state index is -0.625. The minimum absolute atomic E-state index is 0.0671. The average molecular weight is 417 g/mol. The number of nitrogens with zero attached hydrogens (tertiary/aromatic N) is 3. The van der Waals surface area contributed by atoms with E-state index in [1.165, 1.54) is 0 Å². The average Bonchev–Trinajstić information content (AvgIpc) is 3.11. The Balaban J connectivity index is 1.49. The van der Waals surface area contributed by atoms with Crippen molar-refractivity contribution >= 4 is 29.5 Å². The van der Waals surface area contributed by atoms with Gasteiger partial charge in [0.25, 0.3) is 5.91 Å². The smallest absolute Gasteiger partial charge is 0.256 e. The molecule has 29 heavy (non-hydrogen) atoms. The third-order valence-electron chi connectivity index (χ3n) is 6.09. The Hall–Kier alpha value is -2.06. The van der Waals surface area contributed by atoms with Gasteiger partial charge in [0, 0.05) is 36.5 Å². The number of fused-ring (bicyclic) bond motifs is 3. The second kappa shape index (κ2) is 7.32. The van der Waals surface area contributed by atoms with Crippen LogP contribution in [0.15, 0.2) is 24.3 Å².